The van der Waals surface area contributed by atoms with Crippen LogP contribution >= 0.6 is 0 Å². The lowest BCUT2D eigenvalue weighted by Crippen LogP contribution is -2.39. The second kappa shape index (κ2) is 12.2. The molecule has 1 aliphatic heterocycles. The molecule has 0 bridgehead atoms. The molecule has 3 N–H and O–H groups in total. The first kappa shape index (κ1) is 23.7. The lowest BCUT2D eigenvalue weighted by Gasteiger charge is -2.28. The van der Waals surface area contributed by atoms with Crippen LogP contribution in [0.2, 0.25) is 0 Å². The topological polar surface area (TPSA) is 78.4 Å². The molecular formula is C25H36N4O3. The van der Waals surface area contributed by atoms with Gasteiger partial charge in [0, 0.05) is 18.7 Å². The van der Waals surface area contributed by atoms with E-state index in [4.69, 9.17) is 14.5 Å². The number of ether oxygens (including phenoxy) is 2. The number of aliphatic imine (C=N–C) groups is 1. The van der Waals surface area contributed by atoms with Crippen molar-refractivity contribution in [2.45, 2.75) is 32.2 Å². The average Bonchev–Trinajstić information content (AvgIpc) is 3.35. The van der Waals surface area contributed by atoms with Gasteiger partial charge < -0.3 is 25.2 Å². The molecule has 2 aromatic rings. The summed E-state index contributed by atoms with van der Waals surface area (Å²) >= 11 is 0. The molecule has 0 saturated carbocycles. The van der Waals surface area contributed by atoms with Crippen LogP contribution in [0.5, 0.6) is 17.2 Å². The summed E-state index contributed by atoms with van der Waals surface area (Å²) in [6, 6.07) is 13.9. The Morgan fingerprint density at radius 2 is 1.81 bits per heavy atom. The van der Waals surface area contributed by atoms with Gasteiger partial charge in [0.15, 0.2) is 17.5 Å². The normalized spacial score (nSPS) is 15.4. The Morgan fingerprint density at radius 1 is 1.06 bits per heavy atom. The zero-order valence-corrected chi connectivity index (χ0v) is 19.4. The Morgan fingerprint density at radius 3 is 2.53 bits per heavy atom. The molecule has 3 rings (SSSR count). The molecule has 174 valence electrons. The van der Waals surface area contributed by atoms with Crippen molar-refractivity contribution < 1.29 is 14.6 Å². The van der Waals surface area contributed by atoms with Crippen molar-refractivity contribution in [3.05, 3.63) is 53.6 Å². The van der Waals surface area contributed by atoms with Crippen LogP contribution in [-0.2, 0) is 6.42 Å². The van der Waals surface area contributed by atoms with Crippen LogP contribution in [0, 0.1) is 0 Å². The van der Waals surface area contributed by atoms with Crippen LogP contribution in [0.1, 0.15) is 36.9 Å². The van der Waals surface area contributed by atoms with Crippen LogP contribution in [0.15, 0.2) is 47.5 Å². The maximum Gasteiger partial charge on any atom is 0.191 e. The zero-order chi connectivity index (χ0) is 22.8. The smallest absolute Gasteiger partial charge is 0.191 e. The second-order valence-electron chi connectivity index (χ2n) is 7.90. The first-order valence-corrected chi connectivity index (χ1v) is 11.4. The lowest BCUT2D eigenvalue weighted by molar-refractivity contribution is 0.245. The van der Waals surface area contributed by atoms with Gasteiger partial charge in [0.1, 0.15) is 5.75 Å². The Balaban J connectivity index is 1.68. The van der Waals surface area contributed by atoms with Gasteiger partial charge >= 0.3 is 0 Å². The van der Waals surface area contributed by atoms with Crippen molar-refractivity contribution in [1.29, 1.82) is 0 Å². The summed E-state index contributed by atoms with van der Waals surface area (Å²) in [7, 11) is 3.29. The highest BCUT2D eigenvalue weighted by Gasteiger charge is 2.25. The third-order valence-corrected chi connectivity index (χ3v) is 5.80. The number of benzene rings is 2. The molecule has 1 heterocycles. The highest BCUT2D eigenvalue weighted by molar-refractivity contribution is 5.79. The van der Waals surface area contributed by atoms with E-state index in [1.165, 1.54) is 18.4 Å². The van der Waals surface area contributed by atoms with E-state index in [1.54, 1.807) is 20.3 Å². The monoisotopic (exact) mass is 440 g/mol. The van der Waals surface area contributed by atoms with Crippen molar-refractivity contribution in [3.8, 4) is 17.2 Å². The van der Waals surface area contributed by atoms with E-state index in [0.717, 1.165) is 49.9 Å². The Hall–Kier alpha value is -2.93. The predicted molar refractivity (Wildman–Crippen MR) is 129 cm³/mol. The molecular weight excluding hydrogens is 404 g/mol. The SMILES string of the molecule is CCNC(=NCC(c1ccccc1OC)N1CCCC1)NCCc1ccc(O)c(OC)c1. The number of rotatable bonds is 10. The zero-order valence-electron chi connectivity index (χ0n) is 19.4. The quantitative estimate of drug-likeness (QED) is 0.389. The molecule has 7 heteroatoms. The molecule has 0 aliphatic carbocycles. The summed E-state index contributed by atoms with van der Waals surface area (Å²) in [6.45, 7) is 6.42. The summed E-state index contributed by atoms with van der Waals surface area (Å²) in [4.78, 5) is 7.43. The summed E-state index contributed by atoms with van der Waals surface area (Å²) in [5.41, 5.74) is 2.28. The van der Waals surface area contributed by atoms with Gasteiger partial charge in [-0.2, -0.15) is 0 Å². The maximum absolute atomic E-state index is 9.78. The molecule has 7 nitrogen and oxygen atoms in total. The maximum atomic E-state index is 9.78. The molecule has 32 heavy (non-hydrogen) atoms. The number of hydrogen-bond acceptors (Lipinski definition) is 5. The highest BCUT2D eigenvalue weighted by atomic mass is 16.5. The molecule has 1 atom stereocenters. The molecule has 1 aliphatic rings. The Kier molecular flexibility index (Phi) is 9.04. The van der Waals surface area contributed by atoms with Crippen molar-refractivity contribution in [2.75, 3.05) is 46.9 Å². The predicted octanol–water partition coefficient (Wildman–Crippen LogP) is 3.34. The van der Waals surface area contributed by atoms with Crippen LogP contribution in [-0.4, -0.2) is 62.9 Å². The van der Waals surface area contributed by atoms with Crippen molar-refractivity contribution in [2.24, 2.45) is 4.99 Å². The number of likely N-dealkylation sites (tertiary alicyclic amines) is 1. The summed E-state index contributed by atoms with van der Waals surface area (Å²) in [5.74, 6) is 2.37. The van der Waals surface area contributed by atoms with Crippen molar-refractivity contribution >= 4 is 5.96 Å². The molecule has 2 aromatic carbocycles. The number of guanidine groups is 1. The van der Waals surface area contributed by atoms with Crippen LogP contribution in [0.4, 0.5) is 0 Å². The second-order valence-corrected chi connectivity index (χ2v) is 7.90. The van der Waals surface area contributed by atoms with Gasteiger partial charge in [0.05, 0.1) is 26.8 Å². The van der Waals surface area contributed by atoms with E-state index in [1.807, 2.05) is 24.3 Å². The highest BCUT2D eigenvalue weighted by Crippen LogP contribution is 2.32. The van der Waals surface area contributed by atoms with E-state index < -0.39 is 0 Å². The summed E-state index contributed by atoms with van der Waals surface area (Å²) in [5, 5.41) is 16.6. The summed E-state index contributed by atoms with van der Waals surface area (Å²) in [6.07, 6.45) is 3.25. The fourth-order valence-corrected chi connectivity index (χ4v) is 4.13. The molecule has 0 radical (unpaired) electrons. The number of phenolic OH excluding ortho intramolecular Hbond substituents is 1. The van der Waals surface area contributed by atoms with Gasteiger partial charge in [-0.25, -0.2) is 0 Å². The van der Waals surface area contributed by atoms with E-state index in [0.29, 0.717) is 12.3 Å². The fourth-order valence-electron chi connectivity index (χ4n) is 4.13. The van der Waals surface area contributed by atoms with Gasteiger partial charge in [-0.15, -0.1) is 0 Å². The van der Waals surface area contributed by atoms with E-state index in [9.17, 15) is 5.11 Å². The Bertz CT molecular complexity index is 881. The van der Waals surface area contributed by atoms with Crippen LogP contribution in [0.25, 0.3) is 0 Å². The third kappa shape index (κ3) is 6.29. The van der Waals surface area contributed by atoms with Crippen LogP contribution < -0.4 is 20.1 Å². The number of aromatic hydroxyl groups is 1. The first-order valence-electron chi connectivity index (χ1n) is 11.4. The number of nitrogens with one attached hydrogen (secondary N) is 2. The van der Waals surface area contributed by atoms with Gasteiger partial charge in [-0.3, -0.25) is 9.89 Å². The minimum Gasteiger partial charge on any atom is -0.504 e. The number of methoxy groups -OCH3 is 2. The lowest BCUT2D eigenvalue weighted by atomic mass is 10.0. The number of phenols is 1. The standard InChI is InChI=1S/C25H36N4O3/c1-4-26-25(27-14-13-19-11-12-22(30)24(17-19)32-3)28-18-21(29-15-7-8-16-29)20-9-5-6-10-23(20)31-2/h5-6,9-12,17,21,30H,4,7-8,13-16,18H2,1-3H3,(H2,26,27,28). The number of hydrogen-bond donors (Lipinski definition) is 3. The Labute approximate surface area is 191 Å². The molecule has 0 spiro atoms. The summed E-state index contributed by atoms with van der Waals surface area (Å²) < 4.78 is 10.9. The van der Waals surface area contributed by atoms with Crippen molar-refractivity contribution in [3.63, 3.8) is 0 Å². The minimum atomic E-state index is 0.156. The molecule has 1 saturated heterocycles. The van der Waals surface area contributed by atoms with Crippen LogP contribution in [0.3, 0.4) is 0 Å². The van der Waals surface area contributed by atoms with E-state index in [-0.39, 0.29) is 11.8 Å². The first-order chi connectivity index (χ1) is 15.7. The molecule has 0 aromatic heterocycles. The van der Waals surface area contributed by atoms with Gasteiger partial charge in [0.25, 0.3) is 0 Å². The van der Waals surface area contributed by atoms with Gasteiger partial charge in [0.2, 0.25) is 0 Å². The van der Waals surface area contributed by atoms with Crippen molar-refractivity contribution in [1.82, 2.24) is 15.5 Å². The van der Waals surface area contributed by atoms with Gasteiger partial charge in [-0.05, 0) is 63.0 Å². The minimum absolute atomic E-state index is 0.156. The van der Waals surface area contributed by atoms with E-state index >= 15 is 0 Å². The van der Waals surface area contributed by atoms with Gasteiger partial charge in [-0.1, -0.05) is 24.3 Å². The average molecular weight is 441 g/mol. The number of nitrogens with zero attached hydrogens (tertiary/aromatic N) is 2. The number of para-hydroxylation sites is 1. The largest absolute Gasteiger partial charge is 0.504 e. The molecule has 1 fully saturated rings. The molecule has 0 amide bonds. The van der Waals surface area contributed by atoms with E-state index in [2.05, 4.69) is 34.6 Å². The fraction of sp³-hybridized carbons (Fsp3) is 0.480. The third-order valence-electron chi connectivity index (χ3n) is 5.80. The molecule has 1 unspecified atom stereocenters.